The first kappa shape index (κ1) is 36.6. The van der Waals surface area contributed by atoms with Crippen molar-refractivity contribution in [2.75, 3.05) is 13.7 Å². The van der Waals surface area contributed by atoms with E-state index in [2.05, 4.69) is 5.32 Å². The lowest BCUT2D eigenvalue weighted by Gasteiger charge is -2.19. The van der Waals surface area contributed by atoms with Crippen LogP contribution in [0.3, 0.4) is 0 Å². The number of ether oxygens (including phenoxy) is 1. The van der Waals surface area contributed by atoms with Gasteiger partial charge in [-0.2, -0.15) is 16.8 Å². The molecule has 0 amide bonds. The van der Waals surface area contributed by atoms with E-state index in [1.165, 1.54) is 24.3 Å². The van der Waals surface area contributed by atoms with Crippen molar-refractivity contribution < 1.29 is 35.8 Å². The summed E-state index contributed by atoms with van der Waals surface area (Å²) >= 11 is 0. The molecule has 0 aliphatic carbocycles. The van der Waals surface area contributed by atoms with Gasteiger partial charge in [0.2, 0.25) is 0 Å². The number of hydrogen-bond acceptors (Lipinski definition) is 8. The zero-order valence-corrected chi connectivity index (χ0v) is 26.5. The summed E-state index contributed by atoms with van der Waals surface area (Å²) in [5.41, 5.74) is 10.2. The van der Waals surface area contributed by atoms with Gasteiger partial charge < -0.3 is 20.9 Å². The molecule has 0 fully saturated rings. The molecular formula is C32H40N2O8S2. The zero-order chi connectivity index (χ0) is 32.8. The van der Waals surface area contributed by atoms with Gasteiger partial charge in [-0.1, -0.05) is 77.9 Å². The van der Waals surface area contributed by atoms with Crippen molar-refractivity contribution in [2.45, 2.75) is 48.7 Å². The van der Waals surface area contributed by atoms with Crippen LogP contribution in [0.15, 0.2) is 113 Å². The van der Waals surface area contributed by atoms with E-state index in [1.54, 1.807) is 31.4 Å². The van der Waals surface area contributed by atoms with Gasteiger partial charge in [0.05, 0.1) is 23.0 Å². The highest BCUT2D eigenvalue weighted by Gasteiger charge is 2.15. The van der Waals surface area contributed by atoms with E-state index in [4.69, 9.17) is 19.6 Å². The lowest BCUT2D eigenvalue weighted by Crippen LogP contribution is -2.42. The summed E-state index contributed by atoms with van der Waals surface area (Å²) in [4.78, 5) is -0.133. The minimum Gasteiger partial charge on any atom is -0.497 e. The minimum absolute atomic E-state index is 0.0666. The van der Waals surface area contributed by atoms with E-state index >= 15 is 0 Å². The number of benzene rings is 4. The predicted octanol–water partition coefficient (Wildman–Crippen LogP) is 4.20. The van der Waals surface area contributed by atoms with Crippen molar-refractivity contribution in [3.63, 3.8) is 0 Å². The Balaban J connectivity index is 0.000000257. The van der Waals surface area contributed by atoms with E-state index in [9.17, 15) is 21.9 Å². The van der Waals surface area contributed by atoms with Gasteiger partial charge in [-0.05, 0) is 67.8 Å². The fourth-order valence-corrected chi connectivity index (χ4v) is 4.70. The van der Waals surface area contributed by atoms with Gasteiger partial charge in [0, 0.05) is 19.1 Å². The van der Waals surface area contributed by atoms with Crippen LogP contribution in [-0.2, 0) is 33.2 Å². The van der Waals surface area contributed by atoms with Crippen LogP contribution in [0.1, 0.15) is 22.3 Å². The number of aliphatic hydroxyl groups is 1. The van der Waals surface area contributed by atoms with Gasteiger partial charge >= 0.3 is 0 Å². The summed E-state index contributed by atoms with van der Waals surface area (Å²) in [5, 5.41) is 13.4. The standard InChI is InChI=1S/C18H24N2O2.2C7H8O3S/c1-22-16-9-5-8-15(10-16)12-20-13-18(21)17(19)11-14-6-3-2-4-7-14;2*1-6-2-4-7(5-3-6)11(8,9)10/h2-10,17-18,20-21H,11-13,19H2,1H3;2*2-5H,1H3,(H,8,9,10). The predicted molar refractivity (Wildman–Crippen MR) is 171 cm³/mol. The van der Waals surface area contributed by atoms with Gasteiger partial charge in [0.15, 0.2) is 0 Å². The molecule has 12 heteroatoms. The average Bonchev–Trinajstić information content (AvgIpc) is 2.98. The van der Waals surface area contributed by atoms with E-state index in [0.717, 1.165) is 28.0 Å². The molecule has 0 bridgehead atoms. The first-order valence-corrected chi connectivity index (χ1v) is 16.5. The second-order valence-electron chi connectivity index (χ2n) is 9.98. The van der Waals surface area contributed by atoms with Crippen molar-refractivity contribution >= 4 is 20.2 Å². The molecule has 6 N–H and O–H groups in total. The zero-order valence-electron chi connectivity index (χ0n) is 24.9. The molecule has 0 aromatic heterocycles. The summed E-state index contributed by atoms with van der Waals surface area (Å²) in [6.07, 6.45) is 0.0915. The molecule has 238 valence electrons. The molecule has 44 heavy (non-hydrogen) atoms. The van der Waals surface area contributed by atoms with Gasteiger partial charge in [-0.15, -0.1) is 0 Å². The van der Waals surface area contributed by atoms with E-state index in [1.807, 2.05) is 68.4 Å². The molecule has 0 saturated heterocycles. The monoisotopic (exact) mass is 644 g/mol. The molecule has 10 nitrogen and oxygen atoms in total. The topological polar surface area (TPSA) is 176 Å². The van der Waals surface area contributed by atoms with Crippen LogP contribution < -0.4 is 15.8 Å². The Morgan fingerprint density at radius 2 is 1.20 bits per heavy atom. The number of aryl methyl sites for hydroxylation is 2. The van der Waals surface area contributed by atoms with Gasteiger partial charge in [0.25, 0.3) is 20.2 Å². The molecular weight excluding hydrogens is 604 g/mol. The smallest absolute Gasteiger partial charge is 0.294 e. The molecule has 0 aliphatic heterocycles. The van der Waals surface area contributed by atoms with Gasteiger partial charge in [0.1, 0.15) is 5.75 Å². The van der Waals surface area contributed by atoms with Gasteiger partial charge in [-0.25, -0.2) is 0 Å². The Bertz CT molecular complexity index is 1560. The van der Waals surface area contributed by atoms with E-state index in [0.29, 0.717) is 19.5 Å². The molecule has 0 saturated carbocycles. The molecule has 0 spiro atoms. The van der Waals surface area contributed by atoms with E-state index < -0.39 is 26.3 Å². The number of aliphatic hydroxyl groups excluding tert-OH is 1. The Labute approximate surface area is 260 Å². The second-order valence-corrected chi connectivity index (χ2v) is 12.8. The third-order valence-electron chi connectivity index (χ3n) is 6.26. The lowest BCUT2D eigenvalue weighted by molar-refractivity contribution is 0.141. The van der Waals surface area contributed by atoms with Crippen LogP contribution in [0.5, 0.6) is 5.75 Å². The first-order chi connectivity index (χ1) is 20.7. The normalized spacial score (nSPS) is 12.5. The Kier molecular flexibility index (Phi) is 14.6. The maximum Gasteiger partial charge on any atom is 0.294 e. The molecule has 0 heterocycles. The van der Waals surface area contributed by atoms with Crippen molar-refractivity contribution in [1.82, 2.24) is 5.32 Å². The quantitative estimate of drug-likeness (QED) is 0.157. The summed E-state index contributed by atoms with van der Waals surface area (Å²) in [7, 11) is -6.39. The Morgan fingerprint density at radius 1 is 0.727 bits per heavy atom. The summed E-state index contributed by atoms with van der Waals surface area (Å²) in [5.74, 6) is 0.834. The molecule has 2 atom stereocenters. The third kappa shape index (κ3) is 13.8. The van der Waals surface area contributed by atoms with Crippen LogP contribution in [-0.4, -0.2) is 56.8 Å². The highest BCUT2D eigenvalue weighted by Crippen LogP contribution is 2.13. The summed E-state index contributed by atoms with van der Waals surface area (Å²) < 4.78 is 64.3. The molecule has 4 aromatic rings. The van der Waals surface area contributed by atoms with Crippen LogP contribution in [0.4, 0.5) is 0 Å². The highest BCUT2D eigenvalue weighted by molar-refractivity contribution is 7.86. The van der Waals surface area contributed by atoms with Crippen LogP contribution >= 0.6 is 0 Å². The van der Waals surface area contributed by atoms with E-state index in [-0.39, 0.29) is 15.8 Å². The Morgan fingerprint density at radius 3 is 1.66 bits per heavy atom. The average molecular weight is 645 g/mol. The second kappa shape index (κ2) is 17.6. The summed E-state index contributed by atoms with van der Waals surface area (Å²) in [6, 6.07) is 29.5. The number of nitrogens with one attached hydrogen (secondary N) is 1. The van der Waals surface area contributed by atoms with Crippen molar-refractivity contribution in [1.29, 1.82) is 0 Å². The maximum absolute atomic E-state index is 10.5. The summed E-state index contributed by atoms with van der Waals surface area (Å²) in [6.45, 7) is 4.82. The molecule has 0 radical (unpaired) electrons. The van der Waals surface area contributed by atoms with Crippen LogP contribution in [0.2, 0.25) is 0 Å². The fourth-order valence-electron chi connectivity index (χ4n) is 3.74. The van der Waals surface area contributed by atoms with Gasteiger partial charge in [-0.3, -0.25) is 9.11 Å². The third-order valence-corrected chi connectivity index (χ3v) is 8.00. The maximum atomic E-state index is 10.5. The molecule has 4 aromatic carbocycles. The number of methoxy groups -OCH3 is 1. The van der Waals surface area contributed by atoms with Crippen molar-refractivity contribution in [3.8, 4) is 5.75 Å². The Hall–Kier alpha value is -3.62. The highest BCUT2D eigenvalue weighted by atomic mass is 32.2. The molecule has 2 unspecified atom stereocenters. The SMILES string of the molecule is COc1cccc(CNCC(O)C(N)Cc2ccccc2)c1.Cc1ccc(S(=O)(=O)O)cc1.Cc1ccc(S(=O)(=O)O)cc1. The van der Waals surface area contributed by atoms with Crippen molar-refractivity contribution in [3.05, 3.63) is 125 Å². The first-order valence-electron chi connectivity index (χ1n) is 13.6. The number of hydrogen-bond donors (Lipinski definition) is 5. The van der Waals surface area contributed by atoms with Crippen LogP contribution in [0.25, 0.3) is 0 Å². The largest absolute Gasteiger partial charge is 0.497 e. The minimum atomic E-state index is -4.02. The number of rotatable bonds is 10. The molecule has 4 rings (SSSR count). The molecule has 0 aliphatic rings. The lowest BCUT2D eigenvalue weighted by atomic mass is 10.0. The number of nitrogens with two attached hydrogens (primary N) is 1. The van der Waals surface area contributed by atoms with Crippen LogP contribution in [0, 0.1) is 13.8 Å². The van der Waals surface area contributed by atoms with Crippen molar-refractivity contribution in [2.24, 2.45) is 5.73 Å². The fraction of sp³-hybridized carbons (Fsp3) is 0.250.